The maximum absolute atomic E-state index is 12.8. The van der Waals surface area contributed by atoms with Crippen LogP contribution in [0.3, 0.4) is 0 Å². The number of hydrogen-bond acceptors (Lipinski definition) is 5. The molecule has 25 heavy (non-hydrogen) atoms. The highest BCUT2D eigenvalue weighted by Gasteiger charge is 2.33. The van der Waals surface area contributed by atoms with Crippen molar-refractivity contribution in [3.8, 4) is 5.75 Å². The van der Waals surface area contributed by atoms with E-state index in [1.165, 1.54) is 23.6 Å². The average molecular weight is 369 g/mol. The van der Waals surface area contributed by atoms with E-state index < -0.39 is 0 Å². The van der Waals surface area contributed by atoms with Crippen LogP contribution in [0.4, 0.5) is 5.69 Å². The van der Waals surface area contributed by atoms with E-state index in [1.54, 1.807) is 37.5 Å². The van der Waals surface area contributed by atoms with Crippen LogP contribution in [-0.4, -0.2) is 23.1 Å². The molecule has 0 bridgehead atoms. The second kappa shape index (κ2) is 7.21. The monoisotopic (exact) mass is 369 g/mol. The number of nitrogens with zero attached hydrogens (tertiary/aromatic N) is 1. The molecule has 1 fully saturated rings. The van der Waals surface area contributed by atoms with Crippen molar-refractivity contribution in [2.24, 2.45) is 0 Å². The third kappa shape index (κ3) is 3.65. The zero-order chi connectivity index (χ0) is 18.0. The van der Waals surface area contributed by atoms with E-state index in [2.05, 4.69) is 0 Å². The molecule has 0 aromatic heterocycles. The Morgan fingerprint density at radius 3 is 2.56 bits per heavy atom. The van der Waals surface area contributed by atoms with Crippen molar-refractivity contribution in [3.05, 3.63) is 64.6 Å². The molecule has 0 saturated carbocycles. The van der Waals surface area contributed by atoms with Crippen molar-refractivity contribution >= 4 is 51.8 Å². The lowest BCUT2D eigenvalue weighted by Crippen LogP contribution is -2.27. The fourth-order valence-corrected chi connectivity index (χ4v) is 3.70. The summed E-state index contributed by atoms with van der Waals surface area (Å²) < 4.78 is 5.58. The summed E-state index contributed by atoms with van der Waals surface area (Å²) in [6.45, 7) is 1.49. The molecule has 1 heterocycles. The number of carbonyl (C=O) groups excluding carboxylic acids is 2. The number of ketones is 1. The van der Waals surface area contributed by atoms with Gasteiger partial charge in [-0.1, -0.05) is 48.2 Å². The van der Waals surface area contributed by atoms with Crippen LogP contribution in [0.15, 0.2) is 53.4 Å². The largest absolute Gasteiger partial charge is 0.497 e. The quantitative estimate of drug-likeness (QED) is 0.457. The molecule has 0 unspecified atom stereocenters. The maximum atomic E-state index is 12.8. The molecule has 6 heteroatoms. The van der Waals surface area contributed by atoms with E-state index >= 15 is 0 Å². The topological polar surface area (TPSA) is 46.6 Å². The SMILES string of the molecule is COc1ccc(/C=C2\SC(=S)N(c3cccc(C(C)=O)c3)C2=O)cc1. The predicted octanol–water partition coefficient (Wildman–Crippen LogP) is 4.30. The van der Waals surface area contributed by atoms with Gasteiger partial charge in [-0.05, 0) is 42.8 Å². The van der Waals surface area contributed by atoms with E-state index in [0.717, 1.165) is 11.3 Å². The molecule has 1 saturated heterocycles. The standard InChI is InChI=1S/C19H15NO3S2/c1-12(21)14-4-3-5-15(11-14)20-18(22)17(25-19(20)24)10-13-6-8-16(23-2)9-7-13/h3-11H,1-2H3/b17-10-. The van der Waals surface area contributed by atoms with Crippen molar-refractivity contribution in [2.75, 3.05) is 12.0 Å². The number of benzene rings is 2. The van der Waals surface area contributed by atoms with Gasteiger partial charge in [-0.15, -0.1) is 0 Å². The Labute approximate surface area is 155 Å². The Morgan fingerprint density at radius 1 is 1.20 bits per heavy atom. The van der Waals surface area contributed by atoms with Crippen LogP contribution in [-0.2, 0) is 4.79 Å². The summed E-state index contributed by atoms with van der Waals surface area (Å²) in [6, 6.07) is 14.3. The minimum Gasteiger partial charge on any atom is -0.497 e. The number of Topliss-reactive ketones (excluding diaryl/α,β-unsaturated/α-hetero) is 1. The first-order valence-corrected chi connectivity index (χ1v) is 8.75. The summed E-state index contributed by atoms with van der Waals surface area (Å²) in [5, 5.41) is 0. The zero-order valence-electron chi connectivity index (χ0n) is 13.7. The molecular weight excluding hydrogens is 354 g/mol. The molecule has 1 aliphatic heterocycles. The van der Waals surface area contributed by atoms with Crippen LogP contribution in [0, 0.1) is 0 Å². The minimum absolute atomic E-state index is 0.0546. The van der Waals surface area contributed by atoms with Gasteiger partial charge in [-0.2, -0.15) is 0 Å². The first-order valence-electron chi connectivity index (χ1n) is 7.52. The average Bonchev–Trinajstić information content (AvgIpc) is 2.89. The van der Waals surface area contributed by atoms with E-state index in [9.17, 15) is 9.59 Å². The molecular formula is C19H15NO3S2. The molecule has 0 spiro atoms. The maximum Gasteiger partial charge on any atom is 0.270 e. The molecule has 3 rings (SSSR count). The van der Waals surface area contributed by atoms with Crippen LogP contribution in [0.25, 0.3) is 6.08 Å². The highest BCUT2D eigenvalue weighted by Crippen LogP contribution is 2.36. The Bertz CT molecular complexity index is 888. The summed E-state index contributed by atoms with van der Waals surface area (Å²) in [5.74, 6) is 0.512. The zero-order valence-corrected chi connectivity index (χ0v) is 15.3. The molecule has 0 N–H and O–H groups in total. The lowest BCUT2D eigenvalue weighted by molar-refractivity contribution is -0.113. The van der Waals surface area contributed by atoms with Gasteiger partial charge in [0, 0.05) is 5.56 Å². The number of amides is 1. The molecule has 2 aromatic carbocycles. The van der Waals surface area contributed by atoms with Crippen molar-refractivity contribution in [3.63, 3.8) is 0 Å². The summed E-state index contributed by atoms with van der Waals surface area (Å²) in [7, 11) is 1.61. The first kappa shape index (κ1) is 17.4. The van der Waals surface area contributed by atoms with Crippen LogP contribution in [0.1, 0.15) is 22.8 Å². The Balaban J connectivity index is 1.90. The first-order chi connectivity index (χ1) is 12.0. The third-order valence-corrected chi connectivity index (χ3v) is 5.02. The fourth-order valence-electron chi connectivity index (χ4n) is 2.41. The fraction of sp³-hybridized carbons (Fsp3) is 0.105. The highest BCUT2D eigenvalue weighted by atomic mass is 32.2. The number of hydrogen-bond donors (Lipinski definition) is 0. The molecule has 1 aliphatic rings. The van der Waals surface area contributed by atoms with Crippen LogP contribution in [0.2, 0.25) is 0 Å². The smallest absolute Gasteiger partial charge is 0.270 e. The number of thiocarbonyl (C=S) groups is 1. The number of methoxy groups -OCH3 is 1. The molecule has 1 amide bonds. The van der Waals surface area contributed by atoms with E-state index in [4.69, 9.17) is 17.0 Å². The van der Waals surface area contributed by atoms with Crippen LogP contribution in [0.5, 0.6) is 5.75 Å². The van der Waals surface area contributed by atoms with Gasteiger partial charge in [-0.25, -0.2) is 0 Å². The van der Waals surface area contributed by atoms with Crippen molar-refractivity contribution < 1.29 is 14.3 Å². The normalized spacial score (nSPS) is 15.8. The lowest BCUT2D eigenvalue weighted by atomic mass is 10.1. The van der Waals surface area contributed by atoms with Gasteiger partial charge >= 0.3 is 0 Å². The van der Waals surface area contributed by atoms with Gasteiger partial charge in [0.15, 0.2) is 10.1 Å². The molecule has 126 valence electrons. The van der Waals surface area contributed by atoms with Gasteiger partial charge < -0.3 is 4.74 Å². The van der Waals surface area contributed by atoms with Gasteiger partial charge in [0.1, 0.15) is 5.75 Å². The van der Waals surface area contributed by atoms with Crippen LogP contribution < -0.4 is 9.64 Å². The van der Waals surface area contributed by atoms with E-state index in [1.807, 2.05) is 24.3 Å². The Kier molecular flexibility index (Phi) is 5.01. The van der Waals surface area contributed by atoms with Crippen molar-refractivity contribution in [1.29, 1.82) is 0 Å². The number of anilines is 1. The highest BCUT2D eigenvalue weighted by molar-refractivity contribution is 8.27. The molecule has 4 nitrogen and oxygen atoms in total. The van der Waals surface area contributed by atoms with E-state index in [-0.39, 0.29) is 11.7 Å². The van der Waals surface area contributed by atoms with Gasteiger partial charge in [0.2, 0.25) is 0 Å². The number of thioether (sulfide) groups is 1. The van der Waals surface area contributed by atoms with Crippen molar-refractivity contribution in [2.45, 2.75) is 6.92 Å². The minimum atomic E-state index is -0.188. The van der Waals surface area contributed by atoms with Gasteiger partial charge in [0.25, 0.3) is 5.91 Å². The third-order valence-electron chi connectivity index (χ3n) is 3.72. The summed E-state index contributed by atoms with van der Waals surface area (Å²) in [6.07, 6.45) is 1.80. The molecule has 0 radical (unpaired) electrons. The van der Waals surface area contributed by atoms with Gasteiger partial charge in [0.05, 0.1) is 17.7 Å². The lowest BCUT2D eigenvalue weighted by Gasteiger charge is -2.15. The van der Waals surface area contributed by atoms with E-state index in [0.29, 0.717) is 20.5 Å². The molecule has 0 atom stereocenters. The molecule has 2 aromatic rings. The van der Waals surface area contributed by atoms with Crippen molar-refractivity contribution in [1.82, 2.24) is 0 Å². The second-order valence-corrected chi connectivity index (χ2v) is 7.07. The number of rotatable bonds is 4. The van der Waals surface area contributed by atoms with Crippen LogP contribution >= 0.6 is 24.0 Å². The second-order valence-electron chi connectivity index (χ2n) is 5.40. The molecule has 0 aliphatic carbocycles. The Morgan fingerprint density at radius 2 is 1.92 bits per heavy atom. The number of carbonyl (C=O) groups is 2. The van der Waals surface area contributed by atoms with Gasteiger partial charge in [-0.3, -0.25) is 14.5 Å². The Hall–Kier alpha value is -2.44. The summed E-state index contributed by atoms with van der Waals surface area (Å²) in [5.41, 5.74) is 2.04. The predicted molar refractivity (Wildman–Crippen MR) is 105 cm³/mol. The summed E-state index contributed by atoms with van der Waals surface area (Å²) >= 11 is 6.61. The summed E-state index contributed by atoms with van der Waals surface area (Å²) in [4.78, 5) is 26.3. The number of ether oxygens (including phenoxy) is 1.